The Hall–Kier alpha value is -3.42. The number of benzene rings is 1. The summed E-state index contributed by atoms with van der Waals surface area (Å²) < 4.78 is 4.70. The van der Waals surface area contributed by atoms with E-state index in [0.717, 1.165) is 36.5 Å². The Kier molecular flexibility index (Phi) is 5.86. The maximum absolute atomic E-state index is 12.9. The molecule has 1 atom stereocenters. The highest BCUT2D eigenvalue weighted by atomic mass is 16.5. The lowest BCUT2D eigenvalue weighted by molar-refractivity contribution is 0.0860. The first-order valence-electron chi connectivity index (χ1n) is 11.2. The van der Waals surface area contributed by atoms with Crippen molar-refractivity contribution in [3.8, 4) is 11.3 Å². The van der Waals surface area contributed by atoms with Crippen LogP contribution in [0, 0.1) is 10.8 Å². The topological polar surface area (TPSA) is 100 Å². The Morgan fingerprint density at radius 3 is 2.82 bits per heavy atom. The van der Waals surface area contributed by atoms with Gasteiger partial charge in [0.25, 0.3) is 0 Å². The summed E-state index contributed by atoms with van der Waals surface area (Å²) in [5, 5.41) is 2.83. The lowest BCUT2D eigenvalue weighted by Gasteiger charge is -2.25. The molecule has 1 aromatic carbocycles. The molecule has 2 aromatic heterocycles. The highest BCUT2D eigenvalue weighted by Gasteiger charge is 2.34. The van der Waals surface area contributed by atoms with Gasteiger partial charge in [-0.3, -0.25) is 4.79 Å². The number of H-pyrrole nitrogens is 1. The van der Waals surface area contributed by atoms with E-state index < -0.39 is 11.5 Å². The molecule has 33 heavy (non-hydrogen) atoms. The van der Waals surface area contributed by atoms with Crippen molar-refractivity contribution in [1.82, 2.24) is 20.3 Å². The second-order valence-electron chi connectivity index (χ2n) is 10.1. The SMILES string of the molecule is COC(=O)NCC1(C)CCN(c2cccc(-c3cnc4[nH]cc(C(=O)C(C)(C)C)c4n3)c2)C1. The zero-order chi connectivity index (χ0) is 23.8. The largest absolute Gasteiger partial charge is 0.453 e. The molecule has 0 saturated carbocycles. The number of alkyl carbamates (subject to hydrolysis) is 1. The maximum Gasteiger partial charge on any atom is 0.406 e. The van der Waals surface area contributed by atoms with Crippen LogP contribution in [0.4, 0.5) is 10.5 Å². The number of hydrogen-bond donors (Lipinski definition) is 2. The molecule has 3 aromatic rings. The molecule has 1 unspecified atom stereocenters. The summed E-state index contributed by atoms with van der Waals surface area (Å²) in [7, 11) is 1.37. The highest BCUT2D eigenvalue weighted by molar-refractivity contribution is 6.08. The normalized spacial score (nSPS) is 18.5. The van der Waals surface area contributed by atoms with Crippen LogP contribution in [-0.2, 0) is 4.74 Å². The number of fused-ring (bicyclic) bond motifs is 1. The van der Waals surface area contributed by atoms with Crippen molar-refractivity contribution in [2.24, 2.45) is 10.8 Å². The molecule has 3 heterocycles. The van der Waals surface area contributed by atoms with Gasteiger partial charge >= 0.3 is 6.09 Å². The first-order chi connectivity index (χ1) is 15.6. The van der Waals surface area contributed by atoms with Crippen molar-refractivity contribution in [2.45, 2.75) is 34.1 Å². The second kappa shape index (κ2) is 8.50. The van der Waals surface area contributed by atoms with Crippen molar-refractivity contribution in [2.75, 3.05) is 31.6 Å². The minimum Gasteiger partial charge on any atom is -0.453 e. The summed E-state index contributed by atoms with van der Waals surface area (Å²) in [6.07, 6.45) is 4.00. The van der Waals surface area contributed by atoms with Crippen molar-refractivity contribution in [3.63, 3.8) is 0 Å². The number of Topliss-reactive ketones (excluding diaryl/α,β-unsaturated/α-hetero) is 1. The number of nitrogens with zero attached hydrogens (tertiary/aromatic N) is 3. The fourth-order valence-electron chi connectivity index (χ4n) is 4.22. The Morgan fingerprint density at radius 2 is 2.09 bits per heavy atom. The van der Waals surface area contributed by atoms with Crippen LogP contribution >= 0.6 is 0 Å². The molecule has 2 N–H and O–H groups in total. The smallest absolute Gasteiger partial charge is 0.406 e. The van der Waals surface area contributed by atoms with Crippen LogP contribution in [-0.4, -0.2) is 53.6 Å². The fourth-order valence-corrected chi connectivity index (χ4v) is 4.22. The summed E-state index contributed by atoms with van der Waals surface area (Å²) in [5.74, 6) is 0.0332. The highest BCUT2D eigenvalue weighted by Crippen LogP contribution is 2.34. The first-order valence-corrected chi connectivity index (χ1v) is 11.2. The van der Waals surface area contributed by atoms with E-state index in [2.05, 4.69) is 39.2 Å². The lowest BCUT2D eigenvalue weighted by atomic mass is 9.87. The number of amides is 1. The van der Waals surface area contributed by atoms with Crippen LogP contribution in [0.5, 0.6) is 0 Å². The summed E-state index contributed by atoms with van der Waals surface area (Å²) >= 11 is 0. The average molecular weight is 450 g/mol. The number of ketones is 1. The number of aromatic amines is 1. The van der Waals surface area contributed by atoms with Gasteiger partial charge in [-0.2, -0.15) is 0 Å². The van der Waals surface area contributed by atoms with Crippen molar-refractivity contribution < 1.29 is 14.3 Å². The molecule has 0 radical (unpaired) electrons. The molecule has 174 valence electrons. The van der Waals surface area contributed by atoms with E-state index in [1.54, 1.807) is 12.4 Å². The molecule has 0 aliphatic carbocycles. The number of carbonyl (C=O) groups is 2. The Bertz CT molecular complexity index is 1200. The summed E-state index contributed by atoms with van der Waals surface area (Å²) in [6.45, 7) is 10.2. The van der Waals surface area contributed by atoms with E-state index in [1.807, 2.05) is 32.9 Å². The second-order valence-corrected chi connectivity index (χ2v) is 10.1. The van der Waals surface area contributed by atoms with Gasteiger partial charge < -0.3 is 19.9 Å². The standard InChI is InChI=1S/C25H31N5O3/c1-24(2,3)21(31)18-12-26-22-20(18)29-19(13-27-22)16-7-6-8-17(11-16)30-10-9-25(4,15-30)14-28-23(32)33-5/h6-8,11-13H,9-10,14-15H2,1-5H3,(H,26,27)(H,28,32). The zero-order valence-electron chi connectivity index (χ0n) is 19.9. The predicted octanol–water partition coefficient (Wildman–Crippen LogP) is 4.43. The molecular weight excluding hydrogens is 418 g/mol. The molecule has 1 aliphatic rings. The maximum atomic E-state index is 12.9. The lowest BCUT2D eigenvalue weighted by Crippen LogP contribution is -2.37. The molecule has 1 saturated heterocycles. The van der Waals surface area contributed by atoms with Gasteiger partial charge in [0.2, 0.25) is 0 Å². The number of rotatable bonds is 5. The zero-order valence-corrected chi connectivity index (χ0v) is 19.9. The van der Waals surface area contributed by atoms with Crippen LogP contribution in [0.1, 0.15) is 44.5 Å². The number of hydrogen-bond acceptors (Lipinski definition) is 6. The van der Waals surface area contributed by atoms with Gasteiger partial charge in [-0.1, -0.05) is 39.8 Å². The van der Waals surface area contributed by atoms with Crippen molar-refractivity contribution in [3.05, 3.63) is 42.2 Å². The monoisotopic (exact) mass is 449 g/mol. The Morgan fingerprint density at radius 1 is 1.30 bits per heavy atom. The number of methoxy groups -OCH3 is 1. The number of ether oxygens (including phenoxy) is 1. The number of nitrogens with one attached hydrogen (secondary N) is 2. The summed E-state index contributed by atoms with van der Waals surface area (Å²) in [5.41, 5.74) is 4.00. The van der Waals surface area contributed by atoms with Gasteiger partial charge in [0.1, 0.15) is 5.52 Å². The molecule has 1 aliphatic heterocycles. The molecule has 0 bridgehead atoms. The van der Waals surface area contributed by atoms with Gasteiger partial charge in [0, 0.05) is 47.9 Å². The van der Waals surface area contributed by atoms with Gasteiger partial charge in [0.15, 0.2) is 11.4 Å². The van der Waals surface area contributed by atoms with Gasteiger partial charge in [0.05, 0.1) is 24.6 Å². The van der Waals surface area contributed by atoms with Crippen molar-refractivity contribution in [1.29, 1.82) is 0 Å². The number of carbonyl (C=O) groups excluding carboxylic acids is 2. The van der Waals surface area contributed by atoms with Crippen LogP contribution < -0.4 is 10.2 Å². The third-order valence-corrected chi connectivity index (χ3v) is 6.22. The quantitative estimate of drug-likeness (QED) is 0.559. The van der Waals surface area contributed by atoms with E-state index in [-0.39, 0.29) is 11.2 Å². The van der Waals surface area contributed by atoms with E-state index in [9.17, 15) is 9.59 Å². The molecule has 1 fully saturated rings. The van der Waals surface area contributed by atoms with Gasteiger partial charge in [-0.05, 0) is 18.6 Å². The van der Waals surface area contributed by atoms with E-state index >= 15 is 0 Å². The van der Waals surface area contributed by atoms with Gasteiger partial charge in [-0.15, -0.1) is 0 Å². The fraction of sp³-hybridized carbons (Fsp3) is 0.440. The third-order valence-electron chi connectivity index (χ3n) is 6.22. The van der Waals surface area contributed by atoms with Gasteiger partial charge in [-0.25, -0.2) is 14.8 Å². The van der Waals surface area contributed by atoms with Crippen LogP contribution in [0.15, 0.2) is 36.7 Å². The minimum atomic E-state index is -0.502. The van der Waals surface area contributed by atoms with Crippen LogP contribution in [0.25, 0.3) is 22.4 Å². The van der Waals surface area contributed by atoms with Crippen molar-refractivity contribution >= 4 is 28.7 Å². The third kappa shape index (κ3) is 4.69. The van der Waals surface area contributed by atoms with E-state index in [1.165, 1.54) is 7.11 Å². The summed E-state index contributed by atoms with van der Waals surface area (Å²) in [4.78, 5) is 39.0. The average Bonchev–Trinajstić information content (AvgIpc) is 3.40. The molecule has 8 nitrogen and oxygen atoms in total. The van der Waals surface area contributed by atoms with E-state index in [4.69, 9.17) is 9.72 Å². The van der Waals surface area contributed by atoms with Crippen LogP contribution in [0.2, 0.25) is 0 Å². The summed E-state index contributed by atoms with van der Waals surface area (Å²) in [6, 6.07) is 8.20. The van der Waals surface area contributed by atoms with Crippen LogP contribution in [0.3, 0.4) is 0 Å². The number of aromatic nitrogens is 3. The van der Waals surface area contributed by atoms with E-state index in [0.29, 0.717) is 23.3 Å². The molecule has 8 heteroatoms. The predicted molar refractivity (Wildman–Crippen MR) is 128 cm³/mol. The molecule has 4 rings (SSSR count). The Balaban J connectivity index is 1.58. The molecule has 0 spiro atoms. The molecule has 1 amide bonds. The molecular formula is C25H31N5O3. The first kappa shape index (κ1) is 22.8. The Labute approximate surface area is 193 Å². The minimum absolute atomic E-state index is 0.0315. The number of anilines is 1.